The maximum absolute atomic E-state index is 15.4. The van der Waals surface area contributed by atoms with Crippen LogP contribution in [0.4, 0.5) is 4.39 Å². The van der Waals surface area contributed by atoms with Gasteiger partial charge in [0.05, 0.1) is 19.3 Å². The summed E-state index contributed by atoms with van der Waals surface area (Å²) in [6.45, 7) is 17.6. The molecule has 0 aromatic heterocycles. The summed E-state index contributed by atoms with van der Waals surface area (Å²) >= 11 is 0. The maximum atomic E-state index is 15.4. The van der Waals surface area contributed by atoms with E-state index < -0.39 is 6.17 Å². The molecular formula is C51H91FO7. The molecule has 2 fully saturated rings. The Labute approximate surface area is 362 Å². The summed E-state index contributed by atoms with van der Waals surface area (Å²) in [6.07, 6.45) is 32.6. The molecule has 0 aromatic carbocycles. The quantitative estimate of drug-likeness (QED) is 0.0201. The average molecular weight is 835 g/mol. The number of unbranched alkanes of at least 4 members (excludes halogenated alkanes) is 15. The molecule has 5 unspecified atom stereocenters. The van der Waals surface area contributed by atoms with Gasteiger partial charge >= 0.3 is 0 Å². The van der Waals surface area contributed by atoms with E-state index in [0.717, 1.165) is 97.1 Å². The lowest BCUT2D eigenvalue weighted by Crippen LogP contribution is -2.38. The lowest BCUT2D eigenvalue weighted by atomic mass is 9.65. The van der Waals surface area contributed by atoms with Crippen LogP contribution >= 0.6 is 0 Å². The van der Waals surface area contributed by atoms with Crippen LogP contribution in [-0.2, 0) is 33.8 Å². The molecule has 0 aliphatic heterocycles. The number of methoxy groups -OCH3 is 1. The van der Waals surface area contributed by atoms with Crippen molar-refractivity contribution in [1.29, 1.82) is 0 Å². The number of hydrogen-bond acceptors (Lipinski definition) is 7. The molecule has 0 N–H and O–H groups in total. The largest absolute Gasteiger partial charge is 0.385 e. The number of allylic oxidation sites excluding steroid dienone is 2. The van der Waals surface area contributed by atoms with E-state index in [0.29, 0.717) is 48.6 Å². The fourth-order valence-corrected chi connectivity index (χ4v) is 9.46. The van der Waals surface area contributed by atoms with Gasteiger partial charge in [0, 0.05) is 47.4 Å². The number of rotatable bonds is 39. The third-order valence-electron chi connectivity index (χ3n) is 13.2. The SMILES string of the molecule is C=C=C(C)OOCCCCCCCCC(OCCCCCCOCCCCCCOC)C(CCCCCCCOOC(C)=C=C)C1CCC(C2CCCC(C)C2F)CC1. The van der Waals surface area contributed by atoms with Gasteiger partial charge in [0.15, 0.2) is 11.5 Å². The fraction of sp³-hybridized carbons (Fsp3) is 0.882. The first-order chi connectivity index (χ1) is 28.9. The fourth-order valence-electron chi connectivity index (χ4n) is 9.46. The summed E-state index contributed by atoms with van der Waals surface area (Å²) in [5, 5.41) is 0. The zero-order valence-corrected chi connectivity index (χ0v) is 38.7. The van der Waals surface area contributed by atoms with Crippen molar-refractivity contribution in [3.05, 3.63) is 36.1 Å². The van der Waals surface area contributed by atoms with Gasteiger partial charge in [-0.15, -0.1) is 0 Å². The number of alkyl halides is 1. The molecule has 2 aliphatic rings. The van der Waals surface area contributed by atoms with Gasteiger partial charge in [0.25, 0.3) is 0 Å². The second kappa shape index (κ2) is 37.0. The Morgan fingerprint density at radius 2 is 1.05 bits per heavy atom. The van der Waals surface area contributed by atoms with Gasteiger partial charge in [-0.1, -0.05) is 121 Å². The van der Waals surface area contributed by atoms with Crippen LogP contribution < -0.4 is 0 Å². The molecule has 0 aromatic rings. The first-order valence-electron chi connectivity index (χ1n) is 24.6. The molecule has 0 saturated heterocycles. The molecule has 5 atom stereocenters. The summed E-state index contributed by atoms with van der Waals surface area (Å²) in [4.78, 5) is 20.9. The van der Waals surface area contributed by atoms with Crippen molar-refractivity contribution in [3.63, 3.8) is 0 Å². The van der Waals surface area contributed by atoms with Crippen molar-refractivity contribution in [2.24, 2.45) is 29.6 Å². The van der Waals surface area contributed by atoms with Gasteiger partial charge in [-0.05, 0) is 119 Å². The van der Waals surface area contributed by atoms with Crippen LogP contribution in [0, 0.1) is 29.6 Å². The van der Waals surface area contributed by atoms with Crippen LogP contribution in [0.25, 0.3) is 0 Å². The number of halogens is 1. The van der Waals surface area contributed by atoms with Crippen molar-refractivity contribution < 1.29 is 38.2 Å². The van der Waals surface area contributed by atoms with E-state index in [-0.39, 0.29) is 11.8 Å². The van der Waals surface area contributed by atoms with Gasteiger partial charge in [0.1, 0.15) is 6.17 Å². The van der Waals surface area contributed by atoms with Crippen molar-refractivity contribution >= 4 is 0 Å². The molecule has 0 radical (unpaired) electrons. The Kier molecular flexibility index (Phi) is 33.5. The number of ether oxygens (including phenoxy) is 3. The summed E-state index contributed by atoms with van der Waals surface area (Å²) in [5.41, 5.74) is 5.39. The highest BCUT2D eigenvalue weighted by Gasteiger charge is 2.40. The minimum absolute atomic E-state index is 0.226. The Morgan fingerprint density at radius 1 is 0.576 bits per heavy atom. The highest BCUT2D eigenvalue weighted by Crippen LogP contribution is 2.46. The van der Waals surface area contributed by atoms with Crippen LogP contribution in [0.1, 0.15) is 201 Å². The number of hydrogen-bond donors (Lipinski definition) is 0. The van der Waals surface area contributed by atoms with Gasteiger partial charge in [-0.2, -0.15) is 9.78 Å². The predicted molar refractivity (Wildman–Crippen MR) is 240 cm³/mol. The molecule has 0 heterocycles. The van der Waals surface area contributed by atoms with Gasteiger partial charge in [-0.25, -0.2) is 4.39 Å². The van der Waals surface area contributed by atoms with E-state index in [1.165, 1.54) is 109 Å². The Balaban J connectivity index is 1.91. The third-order valence-corrected chi connectivity index (χ3v) is 13.2. The molecule has 2 aliphatic carbocycles. The molecule has 2 rings (SSSR count). The molecule has 8 heteroatoms. The van der Waals surface area contributed by atoms with Crippen molar-refractivity contribution in [2.45, 2.75) is 213 Å². The van der Waals surface area contributed by atoms with E-state index in [1.54, 1.807) is 21.0 Å². The normalized spacial score (nSPS) is 21.7. The van der Waals surface area contributed by atoms with Gasteiger partial charge in [-0.3, -0.25) is 0 Å². The van der Waals surface area contributed by atoms with Crippen LogP contribution in [0.2, 0.25) is 0 Å². The molecule has 0 spiro atoms. The molecule has 344 valence electrons. The summed E-state index contributed by atoms with van der Waals surface area (Å²) in [7, 11) is 1.77. The van der Waals surface area contributed by atoms with E-state index in [1.807, 2.05) is 0 Å². The molecule has 0 amide bonds. The van der Waals surface area contributed by atoms with Crippen LogP contribution in [-0.4, -0.2) is 59.0 Å². The van der Waals surface area contributed by atoms with Gasteiger partial charge < -0.3 is 24.0 Å². The van der Waals surface area contributed by atoms with E-state index in [2.05, 4.69) is 31.5 Å². The first kappa shape index (κ1) is 53.5. The standard InChI is InChI=1S/C51H91FO7/c1-7-44(4)58-56-41-26-14-10-9-13-21-32-50(55-40-25-19-18-24-39-54-38-23-17-16-22-37-53-6)48(30-20-12-11-15-27-42-57-59-45(5)8-2)46-33-35-47(36-34-46)49-31-28-29-43(3)51(49)52/h43,46-51H,1-2,9-42H2,3-6H3. The minimum atomic E-state index is -0.612. The van der Waals surface area contributed by atoms with Crippen molar-refractivity contribution in [3.8, 4) is 0 Å². The zero-order valence-electron chi connectivity index (χ0n) is 38.7. The summed E-state index contributed by atoms with van der Waals surface area (Å²) < 4.78 is 33.5. The monoisotopic (exact) mass is 835 g/mol. The van der Waals surface area contributed by atoms with Crippen molar-refractivity contribution in [1.82, 2.24) is 0 Å². The second-order valence-corrected chi connectivity index (χ2v) is 17.9. The highest BCUT2D eigenvalue weighted by molar-refractivity contribution is 4.90. The van der Waals surface area contributed by atoms with E-state index in [9.17, 15) is 0 Å². The Morgan fingerprint density at radius 3 is 1.59 bits per heavy atom. The Bertz CT molecular complexity index is 1080. The first-order valence-corrected chi connectivity index (χ1v) is 24.6. The highest BCUT2D eigenvalue weighted by atomic mass is 19.1. The lowest BCUT2D eigenvalue weighted by molar-refractivity contribution is -0.261. The van der Waals surface area contributed by atoms with Crippen LogP contribution in [0.3, 0.4) is 0 Å². The zero-order chi connectivity index (χ0) is 42.6. The van der Waals surface area contributed by atoms with Crippen molar-refractivity contribution in [2.75, 3.05) is 46.8 Å². The molecular weight excluding hydrogens is 744 g/mol. The third kappa shape index (κ3) is 26.5. The average Bonchev–Trinajstić information content (AvgIpc) is 3.25. The molecule has 0 bridgehead atoms. The Hall–Kier alpha value is -1.63. The predicted octanol–water partition coefficient (Wildman–Crippen LogP) is 14.7. The topological polar surface area (TPSA) is 64.6 Å². The summed E-state index contributed by atoms with van der Waals surface area (Å²) in [6, 6.07) is 0. The minimum Gasteiger partial charge on any atom is -0.385 e. The smallest absolute Gasteiger partial charge is 0.180 e. The van der Waals surface area contributed by atoms with E-state index >= 15 is 4.39 Å². The summed E-state index contributed by atoms with van der Waals surface area (Å²) in [5.74, 6) is 3.48. The van der Waals surface area contributed by atoms with Gasteiger partial charge in [0.2, 0.25) is 0 Å². The van der Waals surface area contributed by atoms with E-state index in [4.69, 9.17) is 33.8 Å². The van der Waals surface area contributed by atoms with Crippen LogP contribution in [0.15, 0.2) is 36.1 Å². The van der Waals surface area contributed by atoms with Crippen LogP contribution in [0.5, 0.6) is 0 Å². The second-order valence-electron chi connectivity index (χ2n) is 17.9. The lowest BCUT2D eigenvalue weighted by Gasteiger charge is -2.43. The molecule has 59 heavy (non-hydrogen) atoms. The molecule has 2 saturated carbocycles. The molecule has 7 nitrogen and oxygen atoms in total. The maximum Gasteiger partial charge on any atom is 0.180 e.